The van der Waals surface area contributed by atoms with Gasteiger partial charge in [0, 0.05) is 37.3 Å². The van der Waals surface area contributed by atoms with E-state index in [0.29, 0.717) is 17.8 Å². The second-order valence-corrected chi connectivity index (χ2v) is 6.52. The highest BCUT2D eigenvalue weighted by atomic mass is 16.2. The molecule has 0 N–H and O–H groups in total. The van der Waals surface area contributed by atoms with Crippen molar-refractivity contribution in [3.8, 4) is 6.07 Å². The van der Waals surface area contributed by atoms with E-state index < -0.39 is 0 Å². The molecule has 2 amide bonds. The summed E-state index contributed by atoms with van der Waals surface area (Å²) in [6.45, 7) is 3.84. The molecule has 2 aromatic carbocycles. The number of amides is 2. The number of carbonyl (C=O) groups excluding carboxylic acids is 2. The molecule has 5 nitrogen and oxygen atoms in total. The Morgan fingerprint density at radius 3 is 2.54 bits per heavy atom. The second-order valence-electron chi connectivity index (χ2n) is 6.52. The van der Waals surface area contributed by atoms with Gasteiger partial charge in [-0.15, -0.1) is 0 Å². The molecule has 3 rings (SSSR count). The van der Waals surface area contributed by atoms with E-state index >= 15 is 0 Å². The highest BCUT2D eigenvalue weighted by Gasteiger charge is 2.30. The molecule has 0 saturated carbocycles. The summed E-state index contributed by atoms with van der Waals surface area (Å²) in [4.78, 5) is 28.3. The third-order valence-corrected chi connectivity index (χ3v) is 4.71. The number of carbonyl (C=O) groups is 2. The minimum atomic E-state index is -0.127. The van der Waals surface area contributed by atoms with Crippen molar-refractivity contribution in [2.24, 2.45) is 0 Å². The largest absolute Gasteiger partial charge is 0.312 e. The van der Waals surface area contributed by atoms with E-state index in [2.05, 4.69) is 12.1 Å². The van der Waals surface area contributed by atoms with Gasteiger partial charge in [-0.05, 0) is 49.2 Å². The van der Waals surface area contributed by atoms with Crippen molar-refractivity contribution in [2.45, 2.75) is 32.7 Å². The number of para-hydroxylation sites is 1. The molecule has 0 aliphatic carbocycles. The third-order valence-electron chi connectivity index (χ3n) is 4.71. The summed E-state index contributed by atoms with van der Waals surface area (Å²) >= 11 is 0. The van der Waals surface area contributed by atoms with Crippen molar-refractivity contribution in [2.75, 3.05) is 16.3 Å². The van der Waals surface area contributed by atoms with Gasteiger partial charge in [0.25, 0.3) is 0 Å². The molecule has 1 atom stereocenters. The first-order valence-electron chi connectivity index (χ1n) is 8.69. The summed E-state index contributed by atoms with van der Waals surface area (Å²) < 4.78 is 0. The van der Waals surface area contributed by atoms with Crippen LogP contribution in [0.2, 0.25) is 0 Å². The van der Waals surface area contributed by atoms with Crippen LogP contribution in [0.4, 0.5) is 11.4 Å². The van der Waals surface area contributed by atoms with E-state index in [4.69, 9.17) is 5.26 Å². The van der Waals surface area contributed by atoms with Gasteiger partial charge in [0.05, 0.1) is 11.6 Å². The number of anilines is 2. The Labute approximate surface area is 153 Å². The van der Waals surface area contributed by atoms with Crippen LogP contribution in [0.15, 0.2) is 48.5 Å². The van der Waals surface area contributed by atoms with Crippen LogP contribution < -0.4 is 9.80 Å². The van der Waals surface area contributed by atoms with Gasteiger partial charge in [-0.25, -0.2) is 0 Å². The maximum atomic E-state index is 12.8. The zero-order chi connectivity index (χ0) is 18.7. The molecule has 0 spiro atoms. The van der Waals surface area contributed by atoms with Crippen molar-refractivity contribution in [1.29, 1.82) is 5.26 Å². The topological polar surface area (TPSA) is 64.4 Å². The molecule has 0 saturated heterocycles. The number of benzene rings is 2. The van der Waals surface area contributed by atoms with E-state index in [-0.39, 0.29) is 24.3 Å². The maximum Gasteiger partial charge on any atom is 0.229 e. The Balaban J connectivity index is 1.72. The fourth-order valence-electron chi connectivity index (χ4n) is 3.46. The van der Waals surface area contributed by atoms with Gasteiger partial charge in [0.2, 0.25) is 11.8 Å². The van der Waals surface area contributed by atoms with Crippen LogP contribution in [0.5, 0.6) is 0 Å². The maximum absolute atomic E-state index is 12.8. The van der Waals surface area contributed by atoms with Crippen LogP contribution in [0.3, 0.4) is 0 Å². The molecule has 1 unspecified atom stereocenters. The summed E-state index contributed by atoms with van der Waals surface area (Å²) in [6.07, 6.45) is 1.10. The summed E-state index contributed by atoms with van der Waals surface area (Å²) in [6, 6.07) is 17.0. The van der Waals surface area contributed by atoms with Gasteiger partial charge in [-0.2, -0.15) is 5.26 Å². The minimum Gasteiger partial charge on any atom is -0.312 e. The molecule has 2 aromatic rings. The van der Waals surface area contributed by atoms with Gasteiger partial charge in [0.1, 0.15) is 0 Å². The number of rotatable bonds is 4. The van der Waals surface area contributed by atoms with Crippen molar-refractivity contribution in [3.63, 3.8) is 0 Å². The lowest BCUT2D eigenvalue weighted by Gasteiger charge is -2.25. The van der Waals surface area contributed by atoms with Gasteiger partial charge in [-0.3, -0.25) is 9.59 Å². The van der Waals surface area contributed by atoms with Gasteiger partial charge >= 0.3 is 0 Å². The van der Waals surface area contributed by atoms with Crippen LogP contribution >= 0.6 is 0 Å². The molecule has 1 heterocycles. The van der Waals surface area contributed by atoms with Crippen LogP contribution in [0.25, 0.3) is 0 Å². The SMILES string of the molecule is CC(=O)N(CCC(=O)N1c2ccccc2CC1C)c1ccc(C#N)cc1. The lowest BCUT2D eigenvalue weighted by molar-refractivity contribution is -0.119. The zero-order valence-corrected chi connectivity index (χ0v) is 15.0. The number of hydrogen-bond acceptors (Lipinski definition) is 3. The molecular weight excluding hydrogens is 326 g/mol. The molecule has 1 aliphatic rings. The number of hydrogen-bond donors (Lipinski definition) is 0. The van der Waals surface area contributed by atoms with Crippen LogP contribution in [0, 0.1) is 11.3 Å². The Morgan fingerprint density at radius 1 is 1.19 bits per heavy atom. The first kappa shape index (κ1) is 17.7. The highest BCUT2D eigenvalue weighted by Crippen LogP contribution is 2.32. The smallest absolute Gasteiger partial charge is 0.229 e. The fraction of sp³-hybridized carbons (Fsp3) is 0.286. The molecule has 5 heteroatoms. The predicted octanol–water partition coefficient (Wildman–Crippen LogP) is 3.28. The first-order chi connectivity index (χ1) is 12.5. The molecule has 132 valence electrons. The molecule has 0 bridgehead atoms. The number of nitrogens with zero attached hydrogens (tertiary/aromatic N) is 3. The van der Waals surface area contributed by atoms with Crippen molar-refractivity contribution >= 4 is 23.2 Å². The average molecular weight is 347 g/mol. The fourth-order valence-corrected chi connectivity index (χ4v) is 3.46. The van der Waals surface area contributed by atoms with Gasteiger partial charge in [-0.1, -0.05) is 18.2 Å². The first-order valence-corrected chi connectivity index (χ1v) is 8.69. The Hall–Kier alpha value is -3.13. The van der Waals surface area contributed by atoms with Crippen molar-refractivity contribution in [3.05, 3.63) is 59.7 Å². The lowest BCUT2D eigenvalue weighted by atomic mass is 10.1. The monoisotopic (exact) mass is 347 g/mol. The number of nitriles is 1. The minimum absolute atomic E-state index is 0.0161. The Kier molecular flexibility index (Phi) is 5.04. The van der Waals surface area contributed by atoms with Crippen LogP contribution in [-0.2, 0) is 16.0 Å². The quantitative estimate of drug-likeness (QED) is 0.852. The zero-order valence-electron chi connectivity index (χ0n) is 15.0. The normalized spacial score (nSPS) is 15.3. The Morgan fingerprint density at radius 2 is 1.88 bits per heavy atom. The van der Waals surface area contributed by atoms with E-state index in [9.17, 15) is 9.59 Å². The highest BCUT2D eigenvalue weighted by molar-refractivity contribution is 5.98. The predicted molar refractivity (Wildman–Crippen MR) is 101 cm³/mol. The molecule has 0 radical (unpaired) electrons. The lowest BCUT2D eigenvalue weighted by Crippen LogP contribution is -2.39. The van der Waals surface area contributed by atoms with E-state index in [1.807, 2.05) is 30.0 Å². The van der Waals surface area contributed by atoms with E-state index in [0.717, 1.165) is 12.1 Å². The van der Waals surface area contributed by atoms with Crippen LogP contribution in [0.1, 0.15) is 31.4 Å². The summed E-state index contributed by atoms with van der Waals surface area (Å²) in [5, 5.41) is 8.90. The summed E-state index contributed by atoms with van der Waals surface area (Å²) in [7, 11) is 0. The van der Waals surface area contributed by atoms with Crippen molar-refractivity contribution < 1.29 is 9.59 Å². The average Bonchev–Trinajstić information content (AvgIpc) is 2.97. The molecule has 0 aromatic heterocycles. The summed E-state index contributed by atoms with van der Waals surface area (Å²) in [5.41, 5.74) is 3.39. The summed E-state index contributed by atoms with van der Waals surface area (Å²) in [5.74, 6) is -0.111. The van der Waals surface area contributed by atoms with Crippen molar-refractivity contribution in [1.82, 2.24) is 0 Å². The van der Waals surface area contributed by atoms with E-state index in [1.165, 1.54) is 12.5 Å². The second kappa shape index (κ2) is 7.40. The van der Waals surface area contributed by atoms with Gasteiger partial charge < -0.3 is 9.80 Å². The molecular formula is C21H21N3O2. The third kappa shape index (κ3) is 3.45. The number of fused-ring (bicyclic) bond motifs is 1. The molecule has 0 fully saturated rings. The van der Waals surface area contributed by atoms with Gasteiger partial charge in [0.15, 0.2) is 0 Å². The van der Waals surface area contributed by atoms with E-state index in [1.54, 1.807) is 29.2 Å². The molecule has 1 aliphatic heterocycles. The van der Waals surface area contributed by atoms with Crippen LogP contribution in [-0.4, -0.2) is 24.4 Å². The standard InChI is InChI=1S/C21H21N3O2/c1-15-13-18-5-3-4-6-20(18)24(15)21(26)11-12-23(16(2)25)19-9-7-17(14-22)8-10-19/h3-10,15H,11-13H2,1-2H3. The molecule has 26 heavy (non-hydrogen) atoms. The Bertz CT molecular complexity index is 868.